The third-order valence-corrected chi connectivity index (χ3v) is 10.0. The minimum atomic E-state index is -3.37. The van der Waals surface area contributed by atoms with Gasteiger partial charge in [0, 0.05) is 51.5 Å². The van der Waals surface area contributed by atoms with Crippen LogP contribution < -0.4 is 5.73 Å². The molecule has 7 nitrogen and oxygen atoms in total. The van der Waals surface area contributed by atoms with Crippen LogP contribution in [-0.2, 0) is 26.6 Å². The minimum absolute atomic E-state index is 0.0552. The fourth-order valence-corrected chi connectivity index (χ4v) is 7.02. The molecule has 2 heterocycles. The van der Waals surface area contributed by atoms with E-state index < -0.39 is 21.2 Å². The number of hydrogen-bond acceptors (Lipinski definition) is 4. The van der Waals surface area contributed by atoms with E-state index in [0.717, 1.165) is 15.6 Å². The average Bonchev–Trinajstić information content (AvgIpc) is 3.35. The first-order valence-corrected chi connectivity index (χ1v) is 17.3. The number of benzene rings is 3. The highest BCUT2D eigenvalue weighted by Gasteiger charge is 2.43. The van der Waals surface area contributed by atoms with Gasteiger partial charge in [-0.2, -0.15) is 0 Å². The summed E-state index contributed by atoms with van der Waals surface area (Å²) in [4.78, 5) is 28.7. The number of nitrogens with two attached hydrogens (primary N) is 1. The molecule has 1 aliphatic heterocycles. The smallest absolute Gasteiger partial charge is 0.270 e. The van der Waals surface area contributed by atoms with Crippen molar-refractivity contribution in [3.05, 3.63) is 105 Å². The van der Waals surface area contributed by atoms with Crippen molar-refractivity contribution in [3.63, 3.8) is 0 Å². The highest BCUT2D eigenvalue weighted by atomic mass is 79.9. The van der Waals surface area contributed by atoms with Crippen molar-refractivity contribution in [1.29, 1.82) is 0 Å². The first kappa shape index (κ1) is 31.3. The van der Waals surface area contributed by atoms with Crippen LogP contribution in [0.25, 0.3) is 22.4 Å². The lowest BCUT2D eigenvalue weighted by Gasteiger charge is -2.40. The van der Waals surface area contributed by atoms with Crippen molar-refractivity contribution in [2.75, 3.05) is 25.1 Å². The van der Waals surface area contributed by atoms with E-state index in [0.29, 0.717) is 58.5 Å². The molecule has 0 aliphatic carbocycles. The molecule has 0 saturated carbocycles. The van der Waals surface area contributed by atoms with Gasteiger partial charge in [-0.1, -0.05) is 87.7 Å². The number of nitrogens with zero attached hydrogens (tertiary/aromatic N) is 2. The van der Waals surface area contributed by atoms with Crippen molar-refractivity contribution in [2.24, 2.45) is 5.73 Å². The van der Waals surface area contributed by atoms with Gasteiger partial charge < -0.3 is 15.2 Å². The average molecular weight is 703 g/mol. The Hall–Kier alpha value is -3.11. The summed E-state index contributed by atoms with van der Waals surface area (Å²) < 4.78 is 27.3. The Balaban J connectivity index is 1.61. The van der Waals surface area contributed by atoms with Crippen LogP contribution in [-0.4, -0.2) is 54.8 Å². The predicted molar refractivity (Wildman–Crippen MR) is 175 cm³/mol. The van der Waals surface area contributed by atoms with Crippen molar-refractivity contribution in [3.8, 4) is 22.4 Å². The molecule has 0 unspecified atom stereocenters. The number of primary amides is 1. The summed E-state index contributed by atoms with van der Waals surface area (Å²) in [7, 11) is -3.37. The Bertz CT molecular complexity index is 1780. The highest BCUT2D eigenvalue weighted by molar-refractivity contribution is 9.10. The molecule has 5 rings (SSSR count). The van der Waals surface area contributed by atoms with E-state index in [1.807, 2.05) is 54.6 Å². The highest BCUT2D eigenvalue weighted by Crippen LogP contribution is 2.41. The van der Waals surface area contributed by atoms with E-state index in [2.05, 4.69) is 15.9 Å². The molecule has 2 N–H and O–H groups in total. The maximum Gasteiger partial charge on any atom is 0.270 e. The standard InChI is InChI=1S/C32H30BrCl2N3O4S/c1-43(41,42)18-17-38-28(30(39)37-15-13-32(14-16-37,31(36)40)22-5-3-2-4-6-22)20-26(25-12-11-24(34)19-27(25)35)29(38)21-7-9-23(33)10-8-21/h2-12,19-20H,13-18H2,1H3,(H2,36,40). The van der Waals surface area contributed by atoms with Crippen molar-refractivity contribution in [1.82, 2.24) is 9.47 Å². The van der Waals surface area contributed by atoms with Crippen molar-refractivity contribution >= 4 is 60.8 Å². The summed E-state index contributed by atoms with van der Waals surface area (Å²) >= 11 is 16.4. The van der Waals surface area contributed by atoms with Gasteiger partial charge in [-0.25, -0.2) is 8.42 Å². The summed E-state index contributed by atoms with van der Waals surface area (Å²) in [6.45, 7) is 0.663. The predicted octanol–water partition coefficient (Wildman–Crippen LogP) is 6.60. The van der Waals surface area contributed by atoms with Gasteiger partial charge in [-0.3, -0.25) is 9.59 Å². The molecule has 4 aromatic rings. The second-order valence-corrected chi connectivity index (χ2v) is 14.8. The zero-order chi connectivity index (χ0) is 30.9. The molecule has 11 heteroatoms. The lowest BCUT2D eigenvalue weighted by Crippen LogP contribution is -2.51. The number of carbonyl (C=O) groups excluding carboxylic acids is 2. The normalized spacial score (nSPS) is 14.9. The van der Waals surface area contributed by atoms with Gasteiger partial charge in [0.1, 0.15) is 15.5 Å². The number of carbonyl (C=O) groups is 2. The molecule has 43 heavy (non-hydrogen) atoms. The molecular formula is C32H30BrCl2N3O4S. The summed E-state index contributed by atoms with van der Waals surface area (Å²) in [6, 6.07) is 23.9. The van der Waals surface area contributed by atoms with Crippen LogP contribution in [0.1, 0.15) is 28.9 Å². The lowest BCUT2D eigenvalue weighted by atomic mass is 9.72. The number of aromatic nitrogens is 1. The van der Waals surface area contributed by atoms with E-state index in [-0.39, 0.29) is 18.2 Å². The zero-order valence-corrected chi connectivity index (χ0v) is 27.3. The summed E-state index contributed by atoms with van der Waals surface area (Å²) in [5.41, 5.74) is 9.00. The number of hydrogen-bond donors (Lipinski definition) is 1. The molecule has 0 bridgehead atoms. The molecule has 224 valence electrons. The maximum atomic E-state index is 14.3. The molecular weight excluding hydrogens is 673 g/mol. The van der Waals surface area contributed by atoms with E-state index in [1.165, 1.54) is 6.26 Å². The Kier molecular flexibility index (Phi) is 9.09. The molecule has 1 aliphatic rings. The third-order valence-electron chi connectivity index (χ3n) is 8.04. The monoisotopic (exact) mass is 701 g/mol. The molecule has 1 aromatic heterocycles. The van der Waals surface area contributed by atoms with Crippen LogP contribution in [0.4, 0.5) is 0 Å². The van der Waals surface area contributed by atoms with E-state index in [9.17, 15) is 18.0 Å². The number of piperidine rings is 1. The molecule has 1 saturated heterocycles. The van der Waals surface area contributed by atoms with Crippen LogP contribution in [0.5, 0.6) is 0 Å². The van der Waals surface area contributed by atoms with Gasteiger partial charge in [-0.05, 0) is 54.3 Å². The second kappa shape index (κ2) is 12.5. The Morgan fingerprint density at radius 2 is 1.58 bits per heavy atom. The van der Waals surface area contributed by atoms with Gasteiger partial charge in [0.25, 0.3) is 5.91 Å². The summed E-state index contributed by atoms with van der Waals surface area (Å²) in [5, 5.41) is 0.869. The van der Waals surface area contributed by atoms with E-state index >= 15 is 0 Å². The zero-order valence-electron chi connectivity index (χ0n) is 23.4. The number of amides is 2. The SMILES string of the molecule is CS(=O)(=O)CCn1c(C(=O)N2CCC(C(N)=O)(c3ccccc3)CC2)cc(-c2ccc(Cl)cc2Cl)c1-c1ccc(Br)cc1. The van der Waals surface area contributed by atoms with E-state index in [4.69, 9.17) is 28.9 Å². The largest absolute Gasteiger partial charge is 0.369 e. The van der Waals surface area contributed by atoms with Gasteiger partial charge in [-0.15, -0.1) is 0 Å². The van der Waals surface area contributed by atoms with E-state index in [1.54, 1.807) is 33.7 Å². The Labute approximate surface area is 269 Å². The molecule has 0 radical (unpaired) electrons. The molecule has 3 aromatic carbocycles. The van der Waals surface area contributed by atoms with Crippen molar-refractivity contribution in [2.45, 2.75) is 24.8 Å². The number of likely N-dealkylation sites (tertiary alicyclic amines) is 1. The van der Waals surface area contributed by atoms with Crippen LogP contribution >= 0.6 is 39.1 Å². The Morgan fingerprint density at radius 1 is 0.930 bits per heavy atom. The number of halogens is 3. The molecule has 0 spiro atoms. The maximum absolute atomic E-state index is 14.3. The van der Waals surface area contributed by atoms with Crippen LogP contribution in [0, 0.1) is 0 Å². The number of sulfone groups is 1. The van der Waals surface area contributed by atoms with Crippen molar-refractivity contribution < 1.29 is 18.0 Å². The molecule has 0 atom stereocenters. The quantitative estimate of drug-likeness (QED) is 0.224. The van der Waals surface area contributed by atoms with Gasteiger partial charge in [0.05, 0.1) is 16.9 Å². The fraction of sp³-hybridized carbons (Fsp3) is 0.250. The fourth-order valence-electron chi connectivity index (χ4n) is 5.74. The first-order chi connectivity index (χ1) is 20.4. The van der Waals surface area contributed by atoms with Gasteiger partial charge >= 0.3 is 0 Å². The summed E-state index contributed by atoms with van der Waals surface area (Å²) in [5.74, 6) is -0.855. The first-order valence-electron chi connectivity index (χ1n) is 13.7. The van der Waals surface area contributed by atoms with Crippen LogP contribution in [0.3, 0.4) is 0 Å². The second-order valence-electron chi connectivity index (χ2n) is 10.8. The minimum Gasteiger partial charge on any atom is -0.369 e. The third kappa shape index (κ3) is 6.55. The topological polar surface area (TPSA) is 102 Å². The number of rotatable bonds is 8. The molecule has 2 amide bonds. The van der Waals surface area contributed by atoms with Crippen LogP contribution in [0.2, 0.25) is 10.0 Å². The van der Waals surface area contributed by atoms with Crippen LogP contribution in [0.15, 0.2) is 83.3 Å². The van der Waals surface area contributed by atoms with Gasteiger partial charge in [0.2, 0.25) is 5.91 Å². The summed E-state index contributed by atoms with van der Waals surface area (Å²) in [6.07, 6.45) is 1.92. The molecule has 1 fully saturated rings. The lowest BCUT2D eigenvalue weighted by molar-refractivity contribution is -0.125. The Morgan fingerprint density at radius 3 is 2.16 bits per heavy atom. The van der Waals surface area contributed by atoms with Gasteiger partial charge in [0.15, 0.2) is 0 Å².